The second-order valence-corrected chi connectivity index (χ2v) is 6.26. The summed E-state index contributed by atoms with van der Waals surface area (Å²) in [5.74, 6) is -0.333. The summed E-state index contributed by atoms with van der Waals surface area (Å²) in [6, 6.07) is 10.2. The Morgan fingerprint density at radius 2 is 1.96 bits per heavy atom. The maximum Gasteiger partial charge on any atom is 0.267 e. The van der Waals surface area contributed by atoms with Gasteiger partial charge in [0.2, 0.25) is 0 Å². The van der Waals surface area contributed by atoms with Crippen LogP contribution >= 0.6 is 11.3 Å². The third-order valence-electron chi connectivity index (χ3n) is 3.58. The highest BCUT2D eigenvalue weighted by Gasteiger charge is 2.19. The molecule has 0 saturated carbocycles. The van der Waals surface area contributed by atoms with Gasteiger partial charge >= 0.3 is 0 Å². The maximum absolute atomic E-state index is 12.3. The molecule has 0 aliphatic rings. The van der Waals surface area contributed by atoms with E-state index in [-0.39, 0.29) is 11.5 Å². The fourth-order valence-electron chi connectivity index (χ4n) is 2.19. The molecule has 0 fully saturated rings. The molecule has 2 aromatic heterocycles. The van der Waals surface area contributed by atoms with Crippen molar-refractivity contribution in [3.05, 3.63) is 63.9 Å². The average Bonchev–Trinajstić information content (AvgIpc) is 3.08. The molecular formula is C17H16N4O2S. The third-order valence-corrected chi connectivity index (χ3v) is 4.27. The van der Waals surface area contributed by atoms with Gasteiger partial charge in [0.1, 0.15) is 6.04 Å². The number of aryl methyl sites for hydroxylation is 1. The molecule has 1 atom stereocenters. The normalized spacial score (nSPS) is 11.9. The van der Waals surface area contributed by atoms with Crippen LogP contribution in [0.3, 0.4) is 0 Å². The van der Waals surface area contributed by atoms with E-state index in [4.69, 9.17) is 0 Å². The van der Waals surface area contributed by atoms with Crippen LogP contribution in [0.1, 0.15) is 18.5 Å². The van der Waals surface area contributed by atoms with Crippen molar-refractivity contribution in [2.24, 2.45) is 0 Å². The van der Waals surface area contributed by atoms with Crippen LogP contribution in [-0.2, 0) is 4.79 Å². The minimum absolute atomic E-state index is 0.326. The predicted molar refractivity (Wildman–Crippen MR) is 94.1 cm³/mol. The number of hydrogen-bond acceptors (Lipinski definition) is 5. The molecule has 7 heteroatoms. The lowest BCUT2D eigenvalue weighted by Gasteiger charge is -2.14. The third kappa shape index (κ3) is 3.41. The van der Waals surface area contributed by atoms with E-state index in [1.165, 1.54) is 22.1 Å². The molecule has 3 aromatic rings. The van der Waals surface area contributed by atoms with Crippen molar-refractivity contribution in [2.45, 2.75) is 19.9 Å². The van der Waals surface area contributed by atoms with Gasteiger partial charge < -0.3 is 5.32 Å². The largest absolute Gasteiger partial charge is 0.300 e. The van der Waals surface area contributed by atoms with E-state index in [1.54, 1.807) is 24.6 Å². The molecule has 0 aliphatic carbocycles. The number of carbonyl (C=O) groups is 1. The molecule has 24 heavy (non-hydrogen) atoms. The maximum atomic E-state index is 12.3. The average molecular weight is 340 g/mol. The van der Waals surface area contributed by atoms with Gasteiger partial charge in [-0.15, -0.1) is 11.3 Å². The van der Waals surface area contributed by atoms with Crippen LogP contribution in [0, 0.1) is 6.92 Å². The van der Waals surface area contributed by atoms with Gasteiger partial charge in [-0.3, -0.25) is 9.59 Å². The van der Waals surface area contributed by atoms with Gasteiger partial charge in [0.05, 0.1) is 5.69 Å². The summed E-state index contributed by atoms with van der Waals surface area (Å²) in [5, 5.41) is 9.29. The summed E-state index contributed by atoms with van der Waals surface area (Å²) in [6.07, 6.45) is 1.60. The van der Waals surface area contributed by atoms with Crippen molar-refractivity contribution < 1.29 is 4.79 Å². The van der Waals surface area contributed by atoms with Crippen LogP contribution in [0.4, 0.5) is 5.13 Å². The van der Waals surface area contributed by atoms with Gasteiger partial charge in [0.25, 0.3) is 11.5 Å². The van der Waals surface area contributed by atoms with Crippen LogP contribution in [0.2, 0.25) is 0 Å². The Bertz CT molecular complexity index is 901. The lowest BCUT2D eigenvalue weighted by atomic mass is 10.1. The number of nitrogens with zero attached hydrogens (tertiary/aromatic N) is 3. The highest BCUT2D eigenvalue weighted by atomic mass is 32.1. The van der Waals surface area contributed by atoms with Crippen molar-refractivity contribution in [1.29, 1.82) is 0 Å². The molecule has 1 aromatic carbocycles. The lowest BCUT2D eigenvalue weighted by Crippen LogP contribution is -2.33. The Hall–Kier alpha value is -2.80. The molecule has 0 bridgehead atoms. The van der Waals surface area contributed by atoms with E-state index < -0.39 is 6.04 Å². The standard InChI is InChI=1S/C17H16N4O2S/c1-11-3-5-13(6-4-11)14-7-8-15(22)21(20-14)12(2)16(23)19-17-18-9-10-24-17/h3-10,12H,1-2H3,(H,18,19,23). The Labute approximate surface area is 142 Å². The zero-order valence-electron chi connectivity index (χ0n) is 13.3. The number of nitrogens with one attached hydrogen (secondary N) is 1. The first-order valence-corrected chi connectivity index (χ1v) is 8.30. The number of anilines is 1. The van der Waals surface area contributed by atoms with Crippen LogP contribution < -0.4 is 10.9 Å². The fourth-order valence-corrected chi connectivity index (χ4v) is 2.72. The first kappa shape index (κ1) is 16.1. The number of aromatic nitrogens is 3. The minimum Gasteiger partial charge on any atom is -0.300 e. The van der Waals surface area contributed by atoms with E-state index in [2.05, 4.69) is 15.4 Å². The van der Waals surface area contributed by atoms with E-state index in [9.17, 15) is 9.59 Å². The first-order valence-electron chi connectivity index (χ1n) is 7.42. The number of benzene rings is 1. The molecule has 0 radical (unpaired) electrons. The van der Waals surface area contributed by atoms with Crippen molar-refractivity contribution in [3.63, 3.8) is 0 Å². The fraction of sp³-hybridized carbons (Fsp3) is 0.176. The smallest absolute Gasteiger partial charge is 0.267 e. The Kier molecular flexibility index (Phi) is 4.52. The Morgan fingerprint density at radius 1 is 1.21 bits per heavy atom. The molecule has 0 saturated heterocycles. The van der Waals surface area contributed by atoms with Gasteiger partial charge in [0.15, 0.2) is 5.13 Å². The summed E-state index contributed by atoms with van der Waals surface area (Å²) >= 11 is 1.32. The number of thiazole rings is 1. The van der Waals surface area contributed by atoms with Crippen molar-refractivity contribution in [1.82, 2.24) is 14.8 Å². The monoisotopic (exact) mass is 340 g/mol. The quantitative estimate of drug-likeness (QED) is 0.792. The summed E-state index contributed by atoms with van der Waals surface area (Å²) < 4.78 is 1.19. The van der Waals surface area contributed by atoms with E-state index in [0.717, 1.165) is 11.1 Å². The molecule has 3 rings (SSSR count). The van der Waals surface area contributed by atoms with Crippen LogP contribution in [0.5, 0.6) is 0 Å². The van der Waals surface area contributed by atoms with Gasteiger partial charge in [0, 0.05) is 23.2 Å². The molecule has 1 N–H and O–H groups in total. The second kappa shape index (κ2) is 6.76. The molecule has 1 amide bonds. The van der Waals surface area contributed by atoms with E-state index in [0.29, 0.717) is 10.8 Å². The minimum atomic E-state index is -0.744. The Balaban J connectivity index is 1.89. The lowest BCUT2D eigenvalue weighted by molar-refractivity contribution is -0.119. The summed E-state index contributed by atoms with van der Waals surface area (Å²) in [5.41, 5.74) is 2.35. The van der Waals surface area contributed by atoms with Crippen molar-refractivity contribution >= 4 is 22.4 Å². The molecule has 6 nitrogen and oxygen atoms in total. The van der Waals surface area contributed by atoms with Crippen LogP contribution in [0.25, 0.3) is 11.3 Å². The summed E-state index contributed by atoms with van der Waals surface area (Å²) in [6.45, 7) is 3.64. The van der Waals surface area contributed by atoms with Gasteiger partial charge in [-0.25, -0.2) is 9.67 Å². The van der Waals surface area contributed by atoms with E-state index in [1.807, 2.05) is 31.2 Å². The highest BCUT2D eigenvalue weighted by Crippen LogP contribution is 2.17. The number of hydrogen-bond donors (Lipinski definition) is 1. The van der Waals surface area contributed by atoms with Crippen LogP contribution in [0.15, 0.2) is 52.8 Å². The molecule has 0 spiro atoms. The molecule has 1 unspecified atom stereocenters. The van der Waals surface area contributed by atoms with Crippen molar-refractivity contribution in [3.8, 4) is 11.3 Å². The molecule has 0 aliphatic heterocycles. The van der Waals surface area contributed by atoms with Gasteiger partial charge in [-0.05, 0) is 19.9 Å². The molecule has 2 heterocycles. The zero-order valence-corrected chi connectivity index (χ0v) is 14.1. The number of carbonyl (C=O) groups excluding carboxylic acids is 1. The molecule has 122 valence electrons. The van der Waals surface area contributed by atoms with Gasteiger partial charge in [-0.2, -0.15) is 5.10 Å². The van der Waals surface area contributed by atoms with Crippen LogP contribution in [-0.4, -0.2) is 20.7 Å². The summed E-state index contributed by atoms with van der Waals surface area (Å²) in [4.78, 5) is 28.4. The highest BCUT2D eigenvalue weighted by molar-refractivity contribution is 7.13. The first-order chi connectivity index (χ1) is 11.5. The van der Waals surface area contributed by atoms with Crippen molar-refractivity contribution in [2.75, 3.05) is 5.32 Å². The number of amides is 1. The predicted octanol–water partition coefficient (Wildman–Crippen LogP) is 2.87. The van der Waals surface area contributed by atoms with E-state index >= 15 is 0 Å². The SMILES string of the molecule is Cc1ccc(-c2ccc(=O)n(C(C)C(=O)Nc3nccs3)n2)cc1. The number of rotatable bonds is 4. The van der Waals surface area contributed by atoms with Gasteiger partial charge in [-0.1, -0.05) is 29.8 Å². The summed E-state index contributed by atoms with van der Waals surface area (Å²) in [7, 11) is 0. The second-order valence-electron chi connectivity index (χ2n) is 5.37. The molecular weight excluding hydrogens is 324 g/mol. The zero-order chi connectivity index (χ0) is 17.1. The topological polar surface area (TPSA) is 76.9 Å². The Morgan fingerprint density at radius 3 is 2.62 bits per heavy atom.